The van der Waals surface area contributed by atoms with Gasteiger partial charge in [0.25, 0.3) is 11.8 Å². The van der Waals surface area contributed by atoms with Crippen molar-refractivity contribution >= 4 is 28.9 Å². The Bertz CT molecular complexity index is 1070. The van der Waals surface area contributed by atoms with Crippen molar-refractivity contribution in [3.8, 4) is 11.5 Å². The molecule has 0 unspecified atom stereocenters. The molecule has 0 aliphatic heterocycles. The van der Waals surface area contributed by atoms with E-state index in [4.69, 9.17) is 9.47 Å². The lowest BCUT2D eigenvalue weighted by molar-refractivity contribution is -0.118. The van der Waals surface area contributed by atoms with E-state index in [1.807, 2.05) is 43.3 Å². The zero-order valence-corrected chi connectivity index (χ0v) is 17.7. The van der Waals surface area contributed by atoms with E-state index in [9.17, 15) is 9.59 Å². The minimum atomic E-state index is -0.326. The van der Waals surface area contributed by atoms with Crippen LogP contribution in [0.2, 0.25) is 0 Å². The quantitative estimate of drug-likeness (QED) is 0.576. The summed E-state index contributed by atoms with van der Waals surface area (Å²) in [7, 11) is 5.38. The molecule has 3 rings (SSSR count). The Morgan fingerprint density at radius 2 is 1.52 bits per heavy atom. The van der Waals surface area contributed by atoms with Crippen LogP contribution in [0.4, 0.5) is 17.1 Å². The van der Waals surface area contributed by atoms with Gasteiger partial charge in [-0.25, -0.2) is 0 Å². The Morgan fingerprint density at radius 1 is 0.839 bits per heavy atom. The van der Waals surface area contributed by atoms with Crippen molar-refractivity contribution in [2.45, 2.75) is 0 Å². The Balaban J connectivity index is 1.60. The van der Waals surface area contributed by atoms with Crippen molar-refractivity contribution in [1.29, 1.82) is 0 Å². The van der Waals surface area contributed by atoms with E-state index in [-0.39, 0.29) is 18.4 Å². The monoisotopic (exact) mass is 419 g/mol. The van der Waals surface area contributed by atoms with Gasteiger partial charge in [0.2, 0.25) is 0 Å². The van der Waals surface area contributed by atoms with Gasteiger partial charge in [0, 0.05) is 36.7 Å². The molecule has 3 aromatic carbocycles. The Morgan fingerprint density at radius 3 is 2.23 bits per heavy atom. The summed E-state index contributed by atoms with van der Waals surface area (Å²) in [4.78, 5) is 26.8. The molecule has 0 atom stereocenters. The average Bonchev–Trinajstić information content (AvgIpc) is 2.78. The lowest BCUT2D eigenvalue weighted by Crippen LogP contribution is -2.20. The second-order valence-electron chi connectivity index (χ2n) is 6.97. The predicted octanol–water partition coefficient (Wildman–Crippen LogP) is 4.03. The molecule has 2 N–H and O–H groups in total. The van der Waals surface area contributed by atoms with Gasteiger partial charge in [-0.05, 0) is 48.5 Å². The van der Waals surface area contributed by atoms with Crippen LogP contribution >= 0.6 is 0 Å². The molecule has 0 heterocycles. The van der Waals surface area contributed by atoms with E-state index in [1.165, 1.54) is 0 Å². The fourth-order valence-electron chi connectivity index (χ4n) is 2.88. The standard InChI is InChI=1S/C24H25N3O4/c1-27(2)20-11-6-8-17(14-20)24(29)26-19-10-7-9-18(15-19)25-23(28)16-31-22-13-5-4-12-21(22)30-3/h4-15H,16H2,1-3H3,(H,25,28)(H,26,29). The number of ether oxygens (including phenoxy) is 2. The van der Waals surface area contributed by atoms with Crippen LogP contribution in [-0.2, 0) is 4.79 Å². The maximum Gasteiger partial charge on any atom is 0.262 e. The van der Waals surface area contributed by atoms with Gasteiger partial charge in [-0.1, -0.05) is 24.3 Å². The second-order valence-corrected chi connectivity index (χ2v) is 6.97. The van der Waals surface area contributed by atoms with Crippen molar-refractivity contribution in [3.05, 3.63) is 78.4 Å². The van der Waals surface area contributed by atoms with Gasteiger partial charge < -0.3 is 25.0 Å². The van der Waals surface area contributed by atoms with E-state index >= 15 is 0 Å². The highest BCUT2D eigenvalue weighted by molar-refractivity contribution is 6.05. The number of hydrogen-bond donors (Lipinski definition) is 2. The number of anilines is 3. The van der Waals surface area contributed by atoms with Crippen LogP contribution in [0.3, 0.4) is 0 Å². The van der Waals surface area contributed by atoms with Crippen LogP contribution in [0.15, 0.2) is 72.8 Å². The highest BCUT2D eigenvalue weighted by Gasteiger charge is 2.10. The van der Waals surface area contributed by atoms with E-state index in [1.54, 1.807) is 55.6 Å². The molecule has 160 valence electrons. The number of para-hydroxylation sites is 2. The Hall–Kier alpha value is -4.00. The molecule has 0 spiro atoms. The fraction of sp³-hybridized carbons (Fsp3) is 0.167. The molecule has 7 nitrogen and oxygen atoms in total. The van der Waals surface area contributed by atoms with Gasteiger partial charge >= 0.3 is 0 Å². The third kappa shape index (κ3) is 5.99. The third-order valence-electron chi connectivity index (χ3n) is 4.46. The smallest absolute Gasteiger partial charge is 0.262 e. The highest BCUT2D eigenvalue weighted by atomic mass is 16.5. The molecule has 7 heteroatoms. The molecule has 0 saturated carbocycles. The first-order valence-electron chi connectivity index (χ1n) is 9.71. The molecule has 0 aliphatic carbocycles. The Kier molecular flexibility index (Phi) is 7.11. The average molecular weight is 419 g/mol. The van der Waals surface area contributed by atoms with Crippen LogP contribution in [0.1, 0.15) is 10.4 Å². The molecular formula is C24H25N3O4. The molecule has 0 aromatic heterocycles. The number of rotatable bonds is 8. The predicted molar refractivity (Wildman–Crippen MR) is 122 cm³/mol. The molecule has 2 amide bonds. The number of carbonyl (C=O) groups is 2. The fourth-order valence-corrected chi connectivity index (χ4v) is 2.88. The SMILES string of the molecule is COc1ccccc1OCC(=O)Nc1cccc(NC(=O)c2cccc(N(C)C)c2)c1. The summed E-state index contributed by atoms with van der Waals surface area (Å²) in [6.07, 6.45) is 0. The zero-order chi connectivity index (χ0) is 22.2. The number of nitrogens with zero attached hydrogens (tertiary/aromatic N) is 1. The van der Waals surface area contributed by atoms with Crippen LogP contribution in [0.5, 0.6) is 11.5 Å². The van der Waals surface area contributed by atoms with E-state index in [0.29, 0.717) is 28.4 Å². The summed E-state index contributed by atoms with van der Waals surface area (Å²) >= 11 is 0. The molecule has 0 aliphatic rings. The summed E-state index contributed by atoms with van der Waals surface area (Å²) in [5.41, 5.74) is 2.60. The minimum absolute atomic E-state index is 0.172. The maximum atomic E-state index is 12.6. The van der Waals surface area contributed by atoms with Gasteiger partial charge in [0.05, 0.1) is 7.11 Å². The summed E-state index contributed by atoms with van der Waals surface area (Å²) in [6, 6.07) is 21.4. The largest absolute Gasteiger partial charge is 0.493 e. The van der Waals surface area contributed by atoms with Crippen molar-refractivity contribution in [2.24, 2.45) is 0 Å². The van der Waals surface area contributed by atoms with Gasteiger partial charge in [-0.15, -0.1) is 0 Å². The summed E-state index contributed by atoms with van der Waals surface area (Å²) < 4.78 is 10.7. The normalized spacial score (nSPS) is 10.2. The van der Waals surface area contributed by atoms with E-state index < -0.39 is 0 Å². The van der Waals surface area contributed by atoms with Crippen molar-refractivity contribution in [1.82, 2.24) is 0 Å². The maximum absolute atomic E-state index is 12.6. The highest BCUT2D eigenvalue weighted by Crippen LogP contribution is 2.25. The van der Waals surface area contributed by atoms with E-state index in [0.717, 1.165) is 5.69 Å². The van der Waals surface area contributed by atoms with Crippen molar-refractivity contribution in [3.63, 3.8) is 0 Å². The van der Waals surface area contributed by atoms with Crippen LogP contribution in [0, 0.1) is 0 Å². The molecule has 31 heavy (non-hydrogen) atoms. The number of hydrogen-bond acceptors (Lipinski definition) is 5. The van der Waals surface area contributed by atoms with Crippen LogP contribution in [-0.4, -0.2) is 39.6 Å². The number of benzene rings is 3. The summed E-state index contributed by atoms with van der Waals surface area (Å²) in [5.74, 6) is 0.485. The first-order chi connectivity index (χ1) is 15.0. The van der Waals surface area contributed by atoms with Crippen molar-refractivity contribution in [2.75, 3.05) is 43.3 Å². The van der Waals surface area contributed by atoms with Crippen LogP contribution in [0.25, 0.3) is 0 Å². The van der Waals surface area contributed by atoms with Crippen molar-refractivity contribution < 1.29 is 19.1 Å². The van der Waals surface area contributed by atoms with Gasteiger partial charge in [0.1, 0.15) is 0 Å². The van der Waals surface area contributed by atoms with Crippen LogP contribution < -0.4 is 25.0 Å². The van der Waals surface area contributed by atoms with Gasteiger partial charge in [-0.2, -0.15) is 0 Å². The molecule has 0 saturated heterocycles. The summed E-state index contributed by atoms with van der Waals surface area (Å²) in [6.45, 7) is -0.172. The summed E-state index contributed by atoms with van der Waals surface area (Å²) in [5, 5.41) is 5.62. The molecule has 0 bridgehead atoms. The lowest BCUT2D eigenvalue weighted by atomic mass is 10.1. The van der Waals surface area contributed by atoms with Gasteiger partial charge in [-0.3, -0.25) is 9.59 Å². The zero-order valence-electron chi connectivity index (χ0n) is 17.7. The first-order valence-corrected chi connectivity index (χ1v) is 9.71. The third-order valence-corrected chi connectivity index (χ3v) is 4.46. The van der Waals surface area contributed by atoms with Gasteiger partial charge in [0.15, 0.2) is 18.1 Å². The molecule has 0 radical (unpaired) electrons. The first kappa shape index (κ1) is 21.7. The van der Waals surface area contributed by atoms with E-state index in [2.05, 4.69) is 10.6 Å². The lowest BCUT2D eigenvalue weighted by Gasteiger charge is -2.14. The Labute approximate surface area is 181 Å². The molecule has 3 aromatic rings. The second kappa shape index (κ2) is 10.2. The molecular weight excluding hydrogens is 394 g/mol. The number of amides is 2. The number of methoxy groups -OCH3 is 1. The molecule has 0 fully saturated rings. The number of carbonyl (C=O) groups excluding carboxylic acids is 2. The minimum Gasteiger partial charge on any atom is -0.493 e. The topological polar surface area (TPSA) is 79.9 Å². The number of nitrogens with one attached hydrogen (secondary N) is 2.